The quantitative estimate of drug-likeness (QED) is 0.589. The molecule has 0 spiro atoms. The zero-order valence-corrected chi connectivity index (χ0v) is 12.7. The Labute approximate surface area is 135 Å². The number of benzene rings is 1. The summed E-state index contributed by atoms with van der Waals surface area (Å²) in [6.45, 7) is 1.57. The first kappa shape index (κ1) is 15.6. The van der Waals surface area contributed by atoms with Crippen LogP contribution in [-0.4, -0.2) is 20.2 Å². The molecule has 1 N–H and O–H groups in total. The number of amides is 1. The second-order valence-corrected chi connectivity index (χ2v) is 5.28. The summed E-state index contributed by atoms with van der Waals surface area (Å²) in [5, 5.41) is 13.6. The Balaban J connectivity index is 1.78. The van der Waals surface area contributed by atoms with Gasteiger partial charge in [-0.3, -0.25) is 14.9 Å². The number of rotatable bonds is 4. The minimum absolute atomic E-state index is 0.0224. The van der Waals surface area contributed by atoms with Crippen LogP contribution in [0.15, 0.2) is 42.7 Å². The number of pyridine rings is 1. The lowest BCUT2D eigenvalue weighted by Gasteiger charge is -2.07. The summed E-state index contributed by atoms with van der Waals surface area (Å²) in [6, 6.07) is 7.29. The summed E-state index contributed by atoms with van der Waals surface area (Å²) in [5.74, 6) is -0.759. The van der Waals surface area contributed by atoms with Gasteiger partial charge in [0.2, 0.25) is 5.91 Å². The van der Waals surface area contributed by atoms with E-state index in [9.17, 15) is 19.3 Å². The minimum atomic E-state index is -0.498. The van der Waals surface area contributed by atoms with Crippen molar-refractivity contribution in [1.82, 2.24) is 9.38 Å². The molecule has 0 aliphatic heterocycles. The van der Waals surface area contributed by atoms with E-state index in [1.165, 1.54) is 34.9 Å². The van der Waals surface area contributed by atoms with Gasteiger partial charge in [0.05, 0.1) is 28.3 Å². The normalized spacial score (nSPS) is 10.8. The molecule has 1 aromatic carbocycles. The second-order valence-electron chi connectivity index (χ2n) is 5.28. The summed E-state index contributed by atoms with van der Waals surface area (Å²) >= 11 is 0. The fourth-order valence-electron chi connectivity index (χ4n) is 2.42. The number of nitrogens with one attached hydrogen (secondary N) is 1. The first-order chi connectivity index (χ1) is 11.4. The van der Waals surface area contributed by atoms with Gasteiger partial charge in [0.15, 0.2) is 0 Å². The molecular formula is C16H13FN4O3. The topological polar surface area (TPSA) is 89.5 Å². The van der Waals surface area contributed by atoms with Gasteiger partial charge in [-0.15, -0.1) is 0 Å². The molecule has 0 bridgehead atoms. The van der Waals surface area contributed by atoms with E-state index in [1.807, 2.05) is 0 Å². The zero-order chi connectivity index (χ0) is 17.3. The lowest BCUT2D eigenvalue weighted by Crippen LogP contribution is -2.15. The molecule has 0 saturated heterocycles. The van der Waals surface area contributed by atoms with Gasteiger partial charge in [0.25, 0.3) is 5.69 Å². The Hall–Kier alpha value is -3.29. The second kappa shape index (κ2) is 6.07. The molecule has 0 unspecified atom stereocenters. The van der Waals surface area contributed by atoms with Crippen molar-refractivity contribution in [3.05, 3.63) is 69.9 Å². The molecule has 0 fully saturated rings. The molecule has 0 atom stereocenters. The van der Waals surface area contributed by atoms with E-state index in [1.54, 1.807) is 19.2 Å². The number of hydrogen-bond donors (Lipinski definition) is 1. The number of imidazole rings is 1. The van der Waals surface area contributed by atoms with Crippen LogP contribution in [0.25, 0.3) is 5.65 Å². The third-order valence-corrected chi connectivity index (χ3v) is 3.58. The highest BCUT2D eigenvalue weighted by Gasteiger charge is 2.15. The molecule has 7 nitrogen and oxygen atoms in total. The van der Waals surface area contributed by atoms with E-state index in [-0.39, 0.29) is 18.0 Å². The van der Waals surface area contributed by atoms with Crippen LogP contribution in [0.3, 0.4) is 0 Å². The molecule has 0 aliphatic rings. The monoisotopic (exact) mass is 328 g/mol. The van der Waals surface area contributed by atoms with E-state index in [0.717, 1.165) is 0 Å². The van der Waals surface area contributed by atoms with Gasteiger partial charge in [-0.2, -0.15) is 0 Å². The van der Waals surface area contributed by atoms with Crippen molar-refractivity contribution in [3.63, 3.8) is 0 Å². The van der Waals surface area contributed by atoms with E-state index >= 15 is 0 Å². The zero-order valence-electron chi connectivity index (χ0n) is 12.7. The van der Waals surface area contributed by atoms with Crippen molar-refractivity contribution < 1.29 is 14.1 Å². The molecule has 1 amide bonds. The average Bonchev–Trinajstić information content (AvgIpc) is 2.90. The highest BCUT2D eigenvalue weighted by molar-refractivity contribution is 5.93. The number of carbonyl (C=O) groups excluding carboxylic acids is 1. The van der Waals surface area contributed by atoms with Crippen molar-refractivity contribution in [2.45, 2.75) is 13.3 Å². The lowest BCUT2D eigenvalue weighted by molar-refractivity contribution is -0.385. The summed E-state index contributed by atoms with van der Waals surface area (Å²) in [7, 11) is 0. The Kier molecular flexibility index (Phi) is 3.95. The van der Waals surface area contributed by atoms with E-state index < -0.39 is 10.7 Å². The van der Waals surface area contributed by atoms with Gasteiger partial charge < -0.3 is 9.72 Å². The standard InChI is InChI=1S/C16H13FN4O3/c1-10-13(3-2-4-14(10)21(23)24)19-16(22)7-12-9-20-8-11(17)5-6-15(20)18-12/h2-6,8-9H,7H2,1H3,(H,19,22). The molecule has 122 valence electrons. The number of hydrogen-bond acceptors (Lipinski definition) is 4. The van der Waals surface area contributed by atoms with E-state index in [2.05, 4.69) is 10.3 Å². The largest absolute Gasteiger partial charge is 0.325 e. The van der Waals surface area contributed by atoms with Gasteiger partial charge in [0.1, 0.15) is 11.5 Å². The SMILES string of the molecule is Cc1c(NC(=O)Cc2cn3cc(F)ccc3n2)cccc1[N+](=O)[O-]. The molecule has 0 saturated carbocycles. The molecule has 0 radical (unpaired) electrons. The first-order valence-electron chi connectivity index (χ1n) is 7.11. The van der Waals surface area contributed by atoms with Crippen LogP contribution in [0.2, 0.25) is 0 Å². The van der Waals surface area contributed by atoms with Gasteiger partial charge in [-0.25, -0.2) is 9.37 Å². The number of nitro groups is 1. The van der Waals surface area contributed by atoms with Crippen LogP contribution in [0.5, 0.6) is 0 Å². The highest BCUT2D eigenvalue weighted by Crippen LogP contribution is 2.25. The van der Waals surface area contributed by atoms with Gasteiger partial charge in [-0.1, -0.05) is 6.07 Å². The average molecular weight is 328 g/mol. The van der Waals surface area contributed by atoms with Crippen molar-refractivity contribution in [3.8, 4) is 0 Å². The third-order valence-electron chi connectivity index (χ3n) is 3.58. The Morgan fingerprint density at radius 1 is 1.33 bits per heavy atom. The highest BCUT2D eigenvalue weighted by atomic mass is 19.1. The lowest BCUT2D eigenvalue weighted by atomic mass is 10.1. The molecule has 3 rings (SSSR count). The Morgan fingerprint density at radius 3 is 2.88 bits per heavy atom. The molecule has 3 aromatic rings. The number of nitrogens with zero attached hydrogens (tertiary/aromatic N) is 3. The van der Waals surface area contributed by atoms with Crippen LogP contribution < -0.4 is 5.32 Å². The number of aromatic nitrogens is 2. The van der Waals surface area contributed by atoms with Crippen LogP contribution >= 0.6 is 0 Å². The molecule has 0 aliphatic carbocycles. The Morgan fingerprint density at radius 2 is 2.12 bits per heavy atom. The summed E-state index contributed by atoms with van der Waals surface area (Å²) in [4.78, 5) is 26.8. The summed E-state index contributed by atoms with van der Waals surface area (Å²) < 4.78 is 14.7. The van der Waals surface area contributed by atoms with Gasteiger partial charge >= 0.3 is 0 Å². The Bertz CT molecular complexity index is 952. The van der Waals surface area contributed by atoms with E-state index in [4.69, 9.17) is 0 Å². The van der Waals surface area contributed by atoms with Crippen LogP contribution in [0, 0.1) is 22.9 Å². The van der Waals surface area contributed by atoms with Crippen LogP contribution in [0.1, 0.15) is 11.3 Å². The fraction of sp³-hybridized carbons (Fsp3) is 0.125. The number of carbonyl (C=O) groups is 1. The molecular weight excluding hydrogens is 315 g/mol. The smallest absolute Gasteiger partial charge is 0.274 e. The number of anilines is 1. The summed E-state index contributed by atoms with van der Waals surface area (Å²) in [5.41, 5.74) is 1.71. The molecule has 24 heavy (non-hydrogen) atoms. The predicted octanol–water partition coefficient (Wildman–Crippen LogP) is 2.87. The van der Waals surface area contributed by atoms with Gasteiger partial charge in [0, 0.05) is 18.5 Å². The van der Waals surface area contributed by atoms with Crippen LogP contribution in [-0.2, 0) is 11.2 Å². The van der Waals surface area contributed by atoms with Gasteiger partial charge in [-0.05, 0) is 25.1 Å². The van der Waals surface area contributed by atoms with Crippen molar-refractivity contribution >= 4 is 22.9 Å². The van der Waals surface area contributed by atoms with Crippen LogP contribution in [0.4, 0.5) is 15.8 Å². The van der Waals surface area contributed by atoms with E-state index in [0.29, 0.717) is 22.6 Å². The third kappa shape index (κ3) is 3.07. The van der Waals surface area contributed by atoms with Crippen molar-refractivity contribution in [2.75, 3.05) is 5.32 Å². The molecule has 2 aromatic heterocycles. The van der Waals surface area contributed by atoms with Crippen molar-refractivity contribution in [1.29, 1.82) is 0 Å². The maximum atomic E-state index is 13.2. The first-order valence-corrected chi connectivity index (χ1v) is 7.11. The molecule has 2 heterocycles. The number of fused-ring (bicyclic) bond motifs is 1. The summed E-state index contributed by atoms with van der Waals surface area (Å²) in [6.07, 6.45) is 2.82. The number of nitro benzene ring substituents is 1. The maximum Gasteiger partial charge on any atom is 0.274 e. The maximum absolute atomic E-state index is 13.2. The fourth-order valence-corrected chi connectivity index (χ4v) is 2.42. The number of halogens is 1. The minimum Gasteiger partial charge on any atom is -0.325 e. The predicted molar refractivity (Wildman–Crippen MR) is 85.3 cm³/mol. The van der Waals surface area contributed by atoms with Crippen molar-refractivity contribution in [2.24, 2.45) is 0 Å². The molecule has 8 heteroatoms.